The average molecular weight is 378 g/mol. The van der Waals surface area contributed by atoms with Crippen LogP contribution in [0.15, 0.2) is 23.1 Å². The van der Waals surface area contributed by atoms with Gasteiger partial charge in [0.05, 0.1) is 7.11 Å². The van der Waals surface area contributed by atoms with Crippen molar-refractivity contribution in [2.24, 2.45) is 0 Å². The molecule has 1 aromatic carbocycles. The summed E-state index contributed by atoms with van der Waals surface area (Å²) in [6, 6.07) is 4.62. The summed E-state index contributed by atoms with van der Waals surface area (Å²) in [5, 5.41) is 3.21. The number of methoxy groups -OCH3 is 1. The Morgan fingerprint density at radius 1 is 1.29 bits per heavy atom. The van der Waals surface area contributed by atoms with E-state index in [1.165, 1.54) is 33.3 Å². The molecule has 1 heterocycles. The smallest absolute Gasteiger partial charge is 0.253 e. The van der Waals surface area contributed by atoms with Crippen LogP contribution >= 0.6 is 12.4 Å². The highest BCUT2D eigenvalue weighted by atomic mass is 35.5. The van der Waals surface area contributed by atoms with E-state index in [0.29, 0.717) is 5.56 Å². The van der Waals surface area contributed by atoms with E-state index in [1.54, 1.807) is 18.0 Å². The van der Waals surface area contributed by atoms with Crippen LogP contribution in [0.1, 0.15) is 16.8 Å². The zero-order valence-corrected chi connectivity index (χ0v) is 15.9. The van der Waals surface area contributed by atoms with E-state index in [-0.39, 0.29) is 35.0 Å². The summed E-state index contributed by atoms with van der Waals surface area (Å²) in [6.07, 6.45) is 0.890. The fourth-order valence-corrected chi connectivity index (χ4v) is 3.62. The standard InChI is InChI=1S/C15H23N3O4S.ClH/c1-17(2)23(20,21)14-9-11(5-6-13(14)22-4)15(19)18(3)12-7-8-16-10-12;/h5-6,9,12,16H,7-8,10H2,1-4H3;1H. The molecule has 1 amide bonds. The van der Waals surface area contributed by atoms with E-state index in [1.807, 2.05) is 0 Å². The number of carbonyl (C=O) groups excluding carboxylic acids is 1. The van der Waals surface area contributed by atoms with E-state index in [2.05, 4.69) is 5.32 Å². The quantitative estimate of drug-likeness (QED) is 0.821. The number of hydrogen-bond donors (Lipinski definition) is 1. The molecule has 2 rings (SSSR count). The van der Waals surface area contributed by atoms with Gasteiger partial charge in [-0.25, -0.2) is 12.7 Å². The molecule has 1 aromatic rings. The Kier molecular flexibility index (Phi) is 7.03. The minimum atomic E-state index is -3.70. The van der Waals surface area contributed by atoms with Crippen LogP contribution in [0.2, 0.25) is 0 Å². The molecule has 1 aliphatic rings. The van der Waals surface area contributed by atoms with Crippen molar-refractivity contribution >= 4 is 28.3 Å². The van der Waals surface area contributed by atoms with Crippen LogP contribution in [-0.2, 0) is 10.0 Å². The molecule has 9 heteroatoms. The monoisotopic (exact) mass is 377 g/mol. The summed E-state index contributed by atoms with van der Waals surface area (Å²) in [5.41, 5.74) is 0.334. The van der Waals surface area contributed by atoms with Gasteiger partial charge in [0, 0.05) is 39.3 Å². The predicted octanol–water partition coefficient (Wildman–Crippen LogP) is 0.801. The zero-order chi connectivity index (χ0) is 17.2. The zero-order valence-electron chi connectivity index (χ0n) is 14.3. The van der Waals surface area contributed by atoms with Crippen LogP contribution in [0.25, 0.3) is 0 Å². The lowest BCUT2D eigenvalue weighted by molar-refractivity contribution is 0.0743. The number of likely N-dealkylation sites (N-methyl/N-ethyl adjacent to an activating group) is 1. The van der Waals surface area contributed by atoms with Crippen molar-refractivity contribution in [2.45, 2.75) is 17.4 Å². The lowest BCUT2D eigenvalue weighted by Crippen LogP contribution is -2.38. The Morgan fingerprint density at radius 3 is 2.46 bits per heavy atom. The molecule has 1 saturated heterocycles. The fraction of sp³-hybridized carbons (Fsp3) is 0.533. The van der Waals surface area contributed by atoms with Gasteiger partial charge < -0.3 is 15.0 Å². The first kappa shape index (κ1) is 20.7. The minimum Gasteiger partial charge on any atom is -0.495 e. The van der Waals surface area contributed by atoms with Crippen molar-refractivity contribution in [2.75, 3.05) is 41.3 Å². The summed E-state index contributed by atoms with van der Waals surface area (Å²) in [6.45, 7) is 1.63. The molecule has 1 atom stereocenters. The van der Waals surface area contributed by atoms with Gasteiger partial charge in [0.25, 0.3) is 5.91 Å². The van der Waals surface area contributed by atoms with E-state index in [9.17, 15) is 13.2 Å². The molecule has 1 fully saturated rings. The number of ether oxygens (including phenoxy) is 1. The Labute approximate surface area is 149 Å². The second-order valence-electron chi connectivity index (χ2n) is 5.72. The first-order chi connectivity index (χ1) is 10.8. The minimum absolute atomic E-state index is 0. The molecular weight excluding hydrogens is 354 g/mol. The van der Waals surface area contributed by atoms with Gasteiger partial charge in [-0.1, -0.05) is 0 Å². The number of hydrogen-bond acceptors (Lipinski definition) is 5. The Balaban J connectivity index is 0.00000288. The van der Waals surface area contributed by atoms with Crippen LogP contribution < -0.4 is 10.1 Å². The Hall–Kier alpha value is -1.35. The molecule has 1 N–H and O–H groups in total. The van der Waals surface area contributed by atoms with Gasteiger partial charge in [-0.15, -0.1) is 12.4 Å². The van der Waals surface area contributed by atoms with Gasteiger partial charge in [-0.2, -0.15) is 0 Å². The number of sulfonamides is 1. The number of carbonyl (C=O) groups is 1. The molecule has 0 aliphatic carbocycles. The third kappa shape index (κ3) is 4.00. The molecular formula is C15H24ClN3O4S. The van der Waals surface area contributed by atoms with Crippen molar-refractivity contribution in [3.63, 3.8) is 0 Å². The van der Waals surface area contributed by atoms with E-state index in [4.69, 9.17) is 4.74 Å². The van der Waals surface area contributed by atoms with Gasteiger partial charge in [-0.3, -0.25) is 4.79 Å². The van der Waals surface area contributed by atoms with Crippen LogP contribution in [-0.4, -0.2) is 70.9 Å². The van der Waals surface area contributed by atoms with Gasteiger partial charge in [0.2, 0.25) is 10.0 Å². The van der Waals surface area contributed by atoms with Crippen molar-refractivity contribution in [1.29, 1.82) is 0 Å². The van der Waals surface area contributed by atoms with E-state index >= 15 is 0 Å². The summed E-state index contributed by atoms with van der Waals surface area (Å²) < 4.78 is 31.1. The molecule has 1 unspecified atom stereocenters. The maximum atomic E-state index is 12.6. The van der Waals surface area contributed by atoms with Crippen molar-refractivity contribution in [3.05, 3.63) is 23.8 Å². The first-order valence-corrected chi connectivity index (χ1v) is 8.81. The Bertz CT molecular complexity index is 688. The summed E-state index contributed by atoms with van der Waals surface area (Å²) >= 11 is 0. The van der Waals surface area contributed by atoms with Crippen LogP contribution in [0.5, 0.6) is 5.75 Å². The third-order valence-electron chi connectivity index (χ3n) is 4.07. The van der Waals surface area contributed by atoms with E-state index < -0.39 is 10.0 Å². The summed E-state index contributed by atoms with van der Waals surface area (Å²) in [5.74, 6) is 0.0250. The van der Waals surface area contributed by atoms with Crippen LogP contribution in [0, 0.1) is 0 Å². The second-order valence-corrected chi connectivity index (χ2v) is 7.84. The van der Waals surface area contributed by atoms with Gasteiger partial charge in [0.15, 0.2) is 0 Å². The number of nitrogens with zero attached hydrogens (tertiary/aromatic N) is 2. The molecule has 136 valence electrons. The molecule has 0 aromatic heterocycles. The molecule has 0 saturated carbocycles. The highest BCUT2D eigenvalue weighted by Gasteiger charge is 2.27. The molecule has 0 radical (unpaired) electrons. The lowest BCUT2D eigenvalue weighted by atomic mass is 10.1. The molecule has 0 spiro atoms. The van der Waals surface area contributed by atoms with Crippen LogP contribution in [0.4, 0.5) is 0 Å². The highest BCUT2D eigenvalue weighted by Crippen LogP contribution is 2.27. The largest absolute Gasteiger partial charge is 0.495 e. The predicted molar refractivity (Wildman–Crippen MR) is 94.5 cm³/mol. The third-order valence-corrected chi connectivity index (χ3v) is 5.91. The Morgan fingerprint density at radius 2 is 1.96 bits per heavy atom. The fourth-order valence-electron chi connectivity index (χ4n) is 2.55. The van der Waals surface area contributed by atoms with Crippen molar-refractivity contribution in [3.8, 4) is 5.75 Å². The number of nitrogens with one attached hydrogen (secondary N) is 1. The highest BCUT2D eigenvalue weighted by molar-refractivity contribution is 7.89. The van der Waals surface area contributed by atoms with Crippen molar-refractivity contribution in [1.82, 2.24) is 14.5 Å². The van der Waals surface area contributed by atoms with Gasteiger partial charge >= 0.3 is 0 Å². The van der Waals surface area contributed by atoms with Crippen LogP contribution in [0.3, 0.4) is 0 Å². The number of halogens is 1. The number of benzene rings is 1. The molecule has 24 heavy (non-hydrogen) atoms. The number of rotatable bonds is 5. The molecule has 1 aliphatic heterocycles. The number of amides is 1. The SMILES string of the molecule is COc1ccc(C(=O)N(C)C2CCNC2)cc1S(=O)(=O)N(C)C.Cl. The maximum absolute atomic E-state index is 12.6. The summed E-state index contributed by atoms with van der Waals surface area (Å²) in [7, 11) is 2.34. The summed E-state index contributed by atoms with van der Waals surface area (Å²) in [4.78, 5) is 14.3. The van der Waals surface area contributed by atoms with E-state index in [0.717, 1.165) is 23.8 Å². The molecule has 0 bridgehead atoms. The van der Waals surface area contributed by atoms with Crippen molar-refractivity contribution < 1.29 is 17.9 Å². The first-order valence-electron chi connectivity index (χ1n) is 7.37. The second kappa shape index (κ2) is 8.15. The van der Waals surface area contributed by atoms with Gasteiger partial charge in [0.1, 0.15) is 10.6 Å². The topological polar surface area (TPSA) is 79.0 Å². The average Bonchev–Trinajstić information content (AvgIpc) is 3.07. The lowest BCUT2D eigenvalue weighted by Gasteiger charge is -2.24. The van der Waals surface area contributed by atoms with Gasteiger partial charge in [-0.05, 0) is 31.2 Å². The normalized spacial score (nSPS) is 17.5. The molecule has 7 nitrogen and oxygen atoms in total. The maximum Gasteiger partial charge on any atom is 0.253 e.